The van der Waals surface area contributed by atoms with Crippen LogP contribution in [0.4, 0.5) is 0 Å². The summed E-state index contributed by atoms with van der Waals surface area (Å²) >= 11 is 5.29. The summed E-state index contributed by atoms with van der Waals surface area (Å²) in [7, 11) is 0. The maximum atomic E-state index is 11.7. The molecule has 0 aliphatic carbocycles. The van der Waals surface area contributed by atoms with E-state index in [1.165, 1.54) is 0 Å². The predicted molar refractivity (Wildman–Crippen MR) is 71.5 cm³/mol. The van der Waals surface area contributed by atoms with Crippen molar-refractivity contribution in [1.29, 1.82) is 0 Å². The van der Waals surface area contributed by atoms with Gasteiger partial charge in [-0.3, -0.25) is 20.4 Å². The summed E-state index contributed by atoms with van der Waals surface area (Å²) < 4.78 is 0. The Balaban J connectivity index is 2.68. The Hall–Kier alpha value is -1.55. The lowest BCUT2D eigenvalue weighted by atomic mass is 9.87. The summed E-state index contributed by atoms with van der Waals surface area (Å²) in [6, 6.07) is 7.25. The van der Waals surface area contributed by atoms with Crippen molar-refractivity contribution in [1.82, 2.24) is 10.9 Å². The third-order valence-electron chi connectivity index (χ3n) is 2.45. The third kappa shape index (κ3) is 4.04. The van der Waals surface area contributed by atoms with Gasteiger partial charge in [-0.05, 0) is 23.1 Å². The Kier molecular flexibility index (Phi) is 4.73. The van der Waals surface area contributed by atoms with Crippen LogP contribution in [0.25, 0.3) is 0 Å². The van der Waals surface area contributed by atoms with Crippen LogP contribution < -0.4 is 10.9 Å². The molecule has 0 unspecified atom stereocenters. The third-order valence-corrected chi connectivity index (χ3v) is 2.69. The lowest BCUT2D eigenvalue weighted by Gasteiger charge is -2.19. The van der Waals surface area contributed by atoms with Gasteiger partial charge in [0.2, 0.25) is 0 Å². The van der Waals surface area contributed by atoms with Crippen molar-refractivity contribution >= 4 is 23.4 Å². The van der Waals surface area contributed by atoms with Crippen LogP contribution in [0.1, 0.15) is 36.7 Å². The molecule has 0 spiro atoms. The van der Waals surface area contributed by atoms with E-state index in [1.54, 1.807) is 12.1 Å². The average molecular weight is 269 g/mol. The van der Waals surface area contributed by atoms with Gasteiger partial charge in [0.1, 0.15) is 5.88 Å². The van der Waals surface area contributed by atoms with Gasteiger partial charge in [0.15, 0.2) is 0 Å². The number of rotatable bonds is 2. The maximum Gasteiger partial charge on any atom is 0.269 e. The highest BCUT2D eigenvalue weighted by atomic mass is 35.5. The number of benzene rings is 1. The zero-order valence-electron chi connectivity index (χ0n) is 10.7. The molecule has 1 aromatic rings. The first-order chi connectivity index (χ1) is 8.34. The fourth-order valence-corrected chi connectivity index (χ4v) is 1.42. The van der Waals surface area contributed by atoms with Gasteiger partial charge < -0.3 is 0 Å². The van der Waals surface area contributed by atoms with Crippen LogP contribution in [-0.2, 0) is 10.2 Å². The molecule has 0 aliphatic rings. The first kappa shape index (κ1) is 14.5. The van der Waals surface area contributed by atoms with Crippen molar-refractivity contribution in [3.8, 4) is 0 Å². The van der Waals surface area contributed by atoms with Gasteiger partial charge >= 0.3 is 0 Å². The van der Waals surface area contributed by atoms with E-state index in [0.717, 1.165) is 5.56 Å². The lowest BCUT2D eigenvalue weighted by Crippen LogP contribution is -2.42. The van der Waals surface area contributed by atoms with Gasteiger partial charge in [-0.2, -0.15) is 0 Å². The Morgan fingerprint density at radius 3 is 2.11 bits per heavy atom. The van der Waals surface area contributed by atoms with Gasteiger partial charge in [-0.1, -0.05) is 32.9 Å². The number of hydrogen-bond donors (Lipinski definition) is 2. The summed E-state index contributed by atoms with van der Waals surface area (Å²) in [5.74, 6) is -1.01. The first-order valence-corrected chi connectivity index (χ1v) is 6.13. The van der Waals surface area contributed by atoms with Crippen LogP contribution in [0, 0.1) is 0 Å². The molecule has 0 saturated carbocycles. The Bertz CT molecular complexity index is 435. The minimum Gasteiger partial charge on any atom is -0.272 e. The Labute approximate surface area is 112 Å². The molecule has 18 heavy (non-hydrogen) atoms. The summed E-state index contributed by atoms with van der Waals surface area (Å²) in [5, 5.41) is 0. The van der Waals surface area contributed by atoms with Crippen LogP contribution in [0.5, 0.6) is 0 Å². The van der Waals surface area contributed by atoms with Crippen molar-refractivity contribution in [2.24, 2.45) is 0 Å². The molecule has 1 aromatic carbocycles. The van der Waals surface area contributed by atoms with Crippen molar-refractivity contribution < 1.29 is 9.59 Å². The number of amides is 2. The molecule has 1 rings (SSSR count). The molecule has 0 saturated heterocycles. The van der Waals surface area contributed by atoms with Crippen LogP contribution in [0.15, 0.2) is 24.3 Å². The van der Waals surface area contributed by atoms with E-state index in [1.807, 2.05) is 12.1 Å². The van der Waals surface area contributed by atoms with E-state index in [2.05, 4.69) is 31.6 Å². The largest absolute Gasteiger partial charge is 0.272 e. The standard InChI is InChI=1S/C13H17ClN2O2/c1-13(2,3)10-6-4-9(5-7-10)12(18)16-15-11(17)8-14/h4-7H,8H2,1-3H3,(H,15,17)(H,16,18). The molecule has 0 radical (unpaired) electrons. The maximum absolute atomic E-state index is 11.7. The number of carbonyl (C=O) groups is 2. The van der Waals surface area contributed by atoms with Crippen LogP contribution >= 0.6 is 11.6 Å². The molecule has 0 atom stereocenters. The highest BCUT2D eigenvalue weighted by Gasteiger charge is 2.14. The van der Waals surface area contributed by atoms with E-state index in [0.29, 0.717) is 5.56 Å². The normalized spacial score (nSPS) is 10.9. The number of alkyl halides is 1. The van der Waals surface area contributed by atoms with Gasteiger partial charge in [0.05, 0.1) is 0 Å². The van der Waals surface area contributed by atoms with Crippen molar-refractivity contribution in [3.05, 3.63) is 35.4 Å². The smallest absolute Gasteiger partial charge is 0.269 e. The summed E-state index contributed by atoms with van der Waals surface area (Å²) in [6.07, 6.45) is 0. The van der Waals surface area contributed by atoms with Gasteiger partial charge in [-0.25, -0.2) is 0 Å². The molecular weight excluding hydrogens is 252 g/mol. The van der Waals surface area contributed by atoms with E-state index in [4.69, 9.17) is 11.6 Å². The second-order valence-electron chi connectivity index (χ2n) is 4.96. The quantitative estimate of drug-likeness (QED) is 0.637. The molecule has 0 aromatic heterocycles. The molecule has 0 bridgehead atoms. The van der Waals surface area contributed by atoms with Gasteiger partial charge in [0.25, 0.3) is 11.8 Å². The number of halogens is 1. The monoisotopic (exact) mass is 268 g/mol. The second kappa shape index (κ2) is 5.87. The first-order valence-electron chi connectivity index (χ1n) is 5.60. The van der Waals surface area contributed by atoms with E-state index in [-0.39, 0.29) is 17.2 Å². The molecule has 2 amide bonds. The molecule has 2 N–H and O–H groups in total. The molecule has 4 nitrogen and oxygen atoms in total. The Morgan fingerprint density at radius 1 is 1.11 bits per heavy atom. The number of nitrogens with one attached hydrogen (secondary N) is 2. The average Bonchev–Trinajstić information content (AvgIpc) is 2.34. The van der Waals surface area contributed by atoms with E-state index >= 15 is 0 Å². The number of hydrazine groups is 1. The highest BCUT2D eigenvalue weighted by Crippen LogP contribution is 2.21. The van der Waals surface area contributed by atoms with Crippen LogP contribution in [0.2, 0.25) is 0 Å². The molecule has 0 aliphatic heterocycles. The number of hydrogen-bond acceptors (Lipinski definition) is 2. The van der Waals surface area contributed by atoms with Gasteiger partial charge in [-0.15, -0.1) is 11.6 Å². The molecule has 0 fully saturated rings. The van der Waals surface area contributed by atoms with Crippen molar-refractivity contribution in [3.63, 3.8) is 0 Å². The summed E-state index contributed by atoms with van der Waals surface area (Å²) in [6.45, 7) is 6.30. The highest BCUT2D eigenvalue weighted by molar-refractivity contribution is 6.27. The van der Waals surface area contributed by atoms with Crippen molar-refractivity contribution in [2.45, 2.75) is 26.2 Å². The minimum atomic E-state index is -0.448. The predicted octanol–water partition coefficient (Wildman–Crippen LogP) is 1.98. The Morgan fingerprint density at radius 2 is 1.67 bits per heavy atom. The number of carbonyl (C=O) groups excluding carboxylic acids is 2. The topological polar surface area (TPSA) is 58.2 Å². The van der Waals surface area contributed by atoms with Gasteiger partial charge in [0, 0.05) is 5.56 Å². The second-order valence-corrected chi connectivity index (χ2v) is 5.23. The molecular formula is C13H17ClN2O2. The van der Waals surface area contributed by atoms with Crippen LogP contribution in [0.3, 0.4) is 0 Å². The zero-order chi connectivity index (χ0) is 13.8. The SMILES string of the molecule is CC(C)(C)c1ccc(C(=O)NNC(=O)CCl)cc1. The van der Waals surface area contributed by atoms with Crippen LogP contribution in [-0.4, -0.2) is 17.7 Å². The fraction of sp³-hybridized carbons (Fsp3) is 0.385. The van der Waals surface area contributed by atoms with E-state index in [9.17, 15) is 9.59 Å². The molecule has 0 heterocycles. The van der Waals surface area contributed by atoms with E-state index < -0.39 is 5.91 Å². The molecule has 5 heteroatoms. The summed E-state index contributed by atoms with van der Waals surface area (Å²) in [4.78, 5) is 22.5. The molecule has 98 valence electrons. The zero-order valence-corrected chi connectivity index (χ0v) is 11.5. The van der Waals surface area contributed by atoms with Crippen molar-refractivity contribution in [2.75, 3.05) is 5.88 Å². The lowest BCUT2D eigenvalue weighted by molar-refractivity contribution is -0.119. The minimum absolute atomic E-state index is 0.0435. The fourth-order valence-electron chi connectivity index (χ4n) is 1.35. The summed E-state index contributed by atoms with van der Waals surface area (Å²) in [5.41, 5.74) is 6.16.